The molecule has 2 N–H and O–H groups in total. The molecule has 0 spiro atoms. The minimum atomic E-state index is -0.403. The van der Waals surface area contributed by atoms with Gasteiger partial charge in [0.05, 0.1) is 5.41 Å². The van der Waals surface area contributed by atoms with E-state index in [2.05, 4.69) is 6.42 Å². The lowest BCUT2D eigenvalue weighted by atomic mass is 9.70. The number of amides is 1. The quantitative estimate of drug-likeness (QED) is 0.829. The molecule has 1 aromatic rings. The molecule has 1 aliphatic rings. The van der Waals surface area contributed by atoms with Crippen LogP contribution in [0.4, 0.5) is 0 Å². The highest BCUT2D eigenvalue weighted by Crippen LogP contribution is 2.40. The molecular formula is C14H18NO. The molecule has 1 aromatic carbocycles. The van der Waals surface area contributed by atoms with Gasteiger partial charge in [-0.25, -0.2) is 0 Å². The third kappa shape index (κ3) is 2.26. The second-order valence-corrected chi connectivity index (χ2v) is 4.64. The summed E-state index contributed by atoms with van der Waals surface area (Å²) in [5, 5.41) is 0. The first-order valence-corrected chi connectivity index (χ1v) is 5.94. The predicted octanol–water partition coefficient (Wildman–Crippen LogP) is 2.67. The lowest BCUT2D eigenvalue weighted by Crippen LogP contribution is -2.39. The molecule has 0 bridgehead atoms. The molecule has 1 aliphatic carbocycles. The van der Waals surface area contributed by atoms with Gasteiger partial charge in [-0.3, -0.25) is 4.79 Å². The van der Waals surface area contributed by atoms with Crippen LogP contribution in [-0.4, -0.2) is 5.91 Å². The van der Waals surface area contributed by atoms with Gasteiger partial charge in [0.1, 0.15) is 0 Å². The number of hydrogen-bond acceptors (Lipinski definition) is 1. The van der Waals surface area contributed by atoms with Gasteiger partial charge in [-0.05, 0) is 18.4 Å². The highest BCUT2D eigenvalue weighted by molar-refractivity contribution is 5.83. The van der Waals surface area contributed by atoms with E-state index in [-0.39, 0.29) is 5.91 Å². The monoisotopic (exact) mass is 216 g/mol. The Bertz CT molecular complexity index is 352. The molecule has 0 unspecified atom stereocenters. The smallest absolute Gasteiger partial charge is 0.224 e. The Morgan fingerprint density at radius 2 is 1.75 bits per heavy atom. The molecule has 1 amide bonds. The van der Waals surface area contributed by atoms with Crippen molar-refractivity contribution < 1.29 is 4.79 Å². The van der Waals surface area contributed by atoms with Crippen molar-refractivity contribution in [1.82, 2.24) is 0 Å². The van der Waals surface area contributed by atoms with Crippen LogP contribution in [0.3, 0.4) is 0 Å². The summed E-state index contributed by atoms with van der Waals surface area (Å²) in [6.07, 6.45) is 7.29. The van der Waals surface area contributed by atoms with Crippen molar-refractivity contribution in [2.45, 2.75) is 32.1 Å². The molecule has 85 valence electrons. The lowest BCUT2D eigenvalue weighted by Gasteiger charge is -2.34. The van der Waals surface area contributed by atoms with E-state index >= 15 is 0 Å². The summed E-state index contributed by atoms with van der Waals surface area (Å²) in [5.41, 5.74) is 6.28. The Labute approximate surface area is 96.8 Å². The normalized spacial score (nSPS) is 19.2. The number of nitrogens with two attached hydrogens (primary N) is 1. The van der Waals surface area contributed by atoms with Gasteiger partial charge in [0.25, 0.3) is 0 Å². The molecule has 0 heterocycles. The van der Waals surface area contributed by atoms with Crippen LogP contribution >= 0.6 is 0 Å². The number of carbonyl (C=O) groups excluding carboxylic acids is 1. The molecule has 0 saturated heterocycles. The summed E-state index contributed by atoms with van der Waals surface area (Å²) in [4.78, 5) is 11.7. The Balaban J connectivity index is 2.17. The molecule has 1 radical (unpaired) electrons. The van der Waals surface area contributed by atoms with E-state index in [0.29, 0.717) is 0 Å². The molecular weight excluding hydrogens is 198 g/mol. The van der Waals surface area contributed by atoms with Crippen LogP contribution in [0.15, 0.2) is 30.3 Å². The zero-order valence-corrected chi connectivity index (χ0v) is 9.49. The van der Waals surface area contributed by atoms with E-state index in [1.165, 1.54) is 6.42 Å². The Hall–Kier alpha value is -1.31. The molecule has 2 heteroatoms. The van der Waals surface area contributed by atoms with Crippen molar-refractivity contribution in [3.8, 4) is 0 Å². The fourth-order valence-electron chi connectivity index (χ4n) is 2.51. The van der Waals surface area contributed by atoms with Crippen LogP contribution in [0.5, 0.6) is 0 Å². The number of rotatable bonds is 3. The highest BCUT2D eigenvalue weighted by Gasteiger charge is 2.37. The third-order valence-electron chi connectivity index (χ3n) is 3.48. The summed E-state index contributed by atoms with van der Waals surface area (Å²) in [6.45, 7) is 0. The maximum atomic E-state index is 11.7. The minimum Gasteiger partial charge on any atom is -0.369 e. The van der Waals surface area contributed by atoms with Crippen LogP contribution in [0.2, 0.25) is 0 Å². The maximum absolute atomic E-state index is 11.7. The number of benzene rings is 1. The fraction of sp³-hybridized carbons (Fsp3) is 0.429. The van der Waals surface area contributed by atoms with Crippen LogP contribution < -0.4 is 5.73 Å². The predicted molar refractivity (Wildman–Crippen MR) is 64.6 cm³/mol. The zero-order valence-electron chi connectivity index (χ0n) is 9.49. The largest absolute Gasteiger partial charge is 0.369 e. The van der Waals surface area contributed by atoms with E-state index in [9.17, 15) is 4.79 Å². The third-order valence-corrected chi connectivity index (χ3v) is 3.48. The van der Waals surface area contributed by atoms with E-state index < -0.39 is 5.41 Å². The summed E-state index contributed by atoms with van der Waals surface area (Å²) in [6, 6.07) is 10.0. The SMILES string of the molecule is NC(=O)C1([CH]c2ccccc2)CCCCC1. The van der Waals surface area contributed by atoms with Crippen molar-refractivity contribution in [3.05, 3.63) is 42.3 Å². The standard InChI is InChI=1S/C14H18NO/c15-13(16)14(9-5-2-6-10-14)11-12-7-3-1-4-8-12/h1,3-4,7-8,11H,2,5-6,9-10H2,(H2,15,16). The van der Waals surface area contributed by atoms with Gasteiger partial charge in [0.2, 0.25) is 5.91 Å². The van der Waals surface area contributed by atoms with Crippen LogP contribution in [0.1, 0.15) is 37.7 Å². The Kier molecular flexibility index (Phi) is 3.28. The number of carbonyl (C=O) groups is 1. The number of hydrogen-bond donors (Lipinski definition) is 1. The highest BCUT2D eigenvalue weighted by atomic mass is 16.1. The summed E-state index contributed by atoms with van der Waals surface area (Å²) < 4.78 is 0. The molecule has 1 saturated carbocycles. The van der Waals surface area contributed by atoms with Gasteiger partial charge in [0.15, 0.2) is 0 Å². The van der Waals surface area contributed by atoms with Gasteiger partial charge < -0.3 is 5.73 Å². The van der Waals surface area contributed by atoms with Gasteiger partial charge in [-0.1, -0.05) is 49.6 Å². The van der Waals surface area contributed by atoms with E-state index in [1.54, 1.807) is 0 Å². The first kappa shape index (κ1) is 11.2. The molecule has 0 atom stereocenters. The van der Waals surface area contributed by atoms with E-state index in [0.717, 1.165) is 31.2 Å². The van der Waals surface area contributed by atoms with Gasteiger partial charge >= 0.3 is 0 Å². The summed E-state index contributed by atoms with van der Waals surface area (Å²) >= 11 is 0. The zero-order chi connectivity index (χ0) is 11.4. The summed E-state index contributed by atoms with van der Waals surface area (Å²) in [5.74, 6) is -0.170. The van der Waals surface area contributed by atoms with Gasteiger partial charge in [0, 0.05) is 6.42 Å². The van der Waals surface area contributed by atoms with Gasteiger partial charge in [-0.15, -0.1) is 0 Å². The summed E-state index contributed by atoms with van der Waals surface area (Å²) in [7, 11) is 0. The second kappa shape index (κ2) is 4.69. The van der Waals surface area contributed by atoms with Gasteiger partial charge in [-0.2, -0.15) is 0 Å². The first-order valence-electron chi connectivity index (χ1n) is 5.94. The topological polar surface area (TPSA) is 43.1 Å². The molecule has 2 nitrogen and oxygen atoms in total. The van der Waals surface area contributed by atoms with E-state index in [4.69, 9.17) is 5.73 Å². The average Bonchev–Trinajstić information content (AvgIpc) is 2.31. The van der Waals surface area contributed by atoms with Crippen molar-refractivity contribution in [2.75, 3.05) is 0 Å². The molecule has 0 aliphatic heterocycles. The van der Waals surface area contributed by atoms with E-state index in [1.807, 2.05) is 30.3 Å². The van der Waals surface area contributed by atoms with Crippen LogP contribution in [-0.2, 0) is 4.79 Å². The maximum Gasteiger partial charge on any atom is 0.224 e. The lowest BCUT2D eigenvalue weighted by molar-refractivity contribution is -0.127. The van der Waals surface area contributed by atoms with Crippen molar-refractivity contribution in [3.63, 3.8) is 0 Å². The Morgan fingerprint density at radius 1 is 1.12 bits per heavy atom. The Morgan fingerprint density at radius 3 is 2.31 bits per heavy atom. The first-order chi connectivity index (χ1) is 7.73. The van der Waals surface area contributed by atoms with Crippen molar-refractivity contribution >= 4 is 5.91 Å². The molecule has 2 rings (SSSR count). The molecule has 0 aromatic heterocycles. The number of primary amides is 1. The fourth-order valence-corrected chi connectivity index (χ4v) is 2.51. The van der Waals surface area contributed by atoms with Crippen LogP contribution in [0, 0.1) is 11.8 Å². The minimum absolute atomic E-state index is 0.170. The molecule has 1 fully saturated rings. The van der Waals surface area contributed by atoms with Crippen LogP contribution in [0.25, 0.3) is 0 Å². The average molecular weight is 216 g/mol. The second-order valence-electron chi connectivity index (χ2n) is 4.64. The van der Waals surface area contributed by atoms with Crippen molar-refractivity contribution in [2.24, 2.45) is 11.1 Å². The van der Waals surface area contributed by atoms with Crippen molar-refractivity contribution in [1.29, 1.82) is 0 Å². The molecule has 16 heavy (non-hydrogen) atoms.